The van der Waals surface area contributed by atoms with Crippen LogP contribution >= 0.6 is 0 Å². The lowest BCUT2D eigenvalue weighted by molar-refractivity contribution is 0.302. The van der Waals surface area contributed by atoms with Crippen LogP contribution < -0.4 is 5.32 Å². The maximum Gasteiger partial charge on any atom is 0.475 e. The van der Waals surface area contributed by atoms with E-state index in [4.69, 9.17) is 8.85 Å². The molecule has 0 saturated heterocycles. The molecule has 3 nitrogen and oxygen atoms in total. The molecular weight excluding hydrogens is 194 g/mol. The average Bonchev–Trinajstić information content (AvgIpc) is 2.03. The van der Waals surface area contributed by atoms with Gasteiger partial charge in [0.2, 0.25) is 0 Å². The van der Waals surface area contributed by atoms with E-state index in [1.165, 1.54) is 0 Å². The Bertz CT molecular complexity index is 181. The minimum absolute atomic E-state index is 0.167. The Balaban J connectivity index is 3.94. The molecule has 84 valence electrons. The Morgan fingerprint density at radius 1 is 1.29 bits per heavy atom. The summed E-state index contributed by atoms with van der Waals surface area (Å²) in [5.74, 6) is 0. The summed E-state index contributed by atoms with van der Waals surface area (Å²) in [4.78, 5) is 0. The van der Waals surface area contributed by atoms with E-state index in [0.29, 0.717) is 6.04 Å². The molecule has 0 fully saturated rings. The maximum atomic E-state index is 5.18. The number of hydrogen-bond donors (Lipinski definition) is 1. The molecule has 0 bridgehead atoms. The SMILES string of the molecule is CO[Si](=CCC(C)NC(C)(C)C)OC. The average molecular weight is 217 g/mol. The fraction of sp³-hybridized carbons (Fsp3) is 0.900. The van der Waals surface area contributed by atoms with Crippen LogP contribution in [0.1, 0.15) is 34.1 Å². The molecule has 0 rings (SSSR count). The Labute approximate surface area is 89.3 Å². The normalized spacial score (nSPS) is 13.3. The van der Waals surface area contributed by atoms with Crippen LogP contribution in [0.25, 0.3) is 0 Å². The Morgan fingerprint density at radius 3 is 2.14 bits per heavy atom. The van der Waals surface area contributed by atoms with Gasteiger partial charge in [-0.3, -0.25) is 0 Å². The highest BCUT2D eigenvalue weighted by molar-refractivity contribution is 6.54. The zero-order chi connectivity index (χ0) is 11.2. The predicted molar refractivity (Wildman–Crippen MR) is 62.8 cm³/mol. The number of rotatable bonds is 5. The smallest absolute Gasteiger partial charge is 0.475 e. The second kappa shape index (κ2) is 6.19. The monoisotopic (exact) mass is 217 g/mol. The molecule has 0 heterocycles. The third-order valence-corrected chi connectivity index (χ3v) is 3.09. The summed E-state index contributed by atoms with van der Waals surface area (Å²) in [5, 5.41) is 3.50. The van der Waals surface area contributed by atoms with Crippen LogP contribution in [0.4, 0.5) is 0 Å². The molecule has 0 aromatic heterocycles. The van der Waals surface area contributed by atoms with Crippen molar-refractivity contribution in [3.8, 4) is 0 Å². The second-order valence-corrected chi connectivity index (χ2v) is 6.33. The van der Waals surface area contributed by atoms with Gasteiger partial charge in [-0.05, 0) is 39.8 Å². The van der Waals surface area contributed by atoms with E-state index in [0.717, 1.165) is 6.42 Å². The van der Waals surface area contributed by atoms with Gasteiger partial charge in [-0.25, -0.2) is 0 Å². The molecule has 0 spiro atoms. The van der Waals surface area contributed by atoms with E-state index >= 15 is 0 Å². The quantitative estimate of drug-likeness (QED) is 0.705. The van der Waals surface area contributed by atoms with Gasteiger partial charge < -0.3 is 14.2 Å². The number of nitrogens with one attached hydrogen (secondary N) is 1. The largest absolute Gasteiger partial charge is 0.526 e. The van der Waals surface area contributed by atoms with Crippen LogP contribution in [-0.2, 0) is 8.85 Å². The third kappa shape index (κ3) is 7.09. The Hall–Kier alpha value is -0.353. The van der Waals surface area contributed by atoms with Crippen LogP contribution in [0, 0.1) is 0 Å². The molecule has 0 saturated carbocycles. The van der Waals surface area contributed by atoms with Crippen molar-refractivity contribution in [1.82, 2.24) is 5.32 Å². The molecule has 0 aliphatic rings. The first kappa shape index (κ1) is 13.6. The number of hydrogen-bond acceptors (Lipinski definition) is 3. The van der Waals surface area contributed by atoms with Crippen LogP contribution in [0.15, 0.2) is 0 Å². The van der Waals surface area contributed by atoms with Gasteiger partial charge in [0.25, 0.3) is 0 Å². The van der Waals surface area contributed by atoms with Crippen molar-refractivity contribution in [2.45, 2.75) is 45.7 Å². The molecule has 0 radical (unpaired) electrons. The first-order chi connectivity index (χ1) is 6.39. The van der Waals surface area contributed by atoms with Gasteiger partial charge in [-0.1, -0.05) is 0 Å². The van der Waals surface area contributed by atoms with Crippen molar-refractivity contribution in [2.75, 3.05) is 14.2 Å². The van der Waals surface area contributed by atoms with Crippen molar-refractivity contribution in [1.29, 1.82) is 0 Å². The van der Waals surface area contributed by atoms with E-state index in [1.807, 2.05) is 0 Å². The highest BCUT2D eigenvalue weighted by Crippen LogP contribution is 2.02. The minimum atomic E-state index is -1.14. The first-order valence-electron chi connectivity index (χ1n) is 4.95. The summed E-state index contributed by atoms with van der Waals surface area (Å²) in [5.41, 5.74) is 2.30. The predicted octanol–water partition coefficient (Wildman–Crippen LogP) is 1.32. The molecule has 4 heteroatoms. The van der Waals surface area contributed by atoms with Gasteiger partial charge in [0, 0.05) is 11.6 Å². The van der Waals surface area contributed by atoms with Crippen LogP contribution in [0.5, 0.6) is 0 Å². The summed E-state index contributed by atoms with van der Waals surface area (Å²) < 4.78 is 10.4. The standard InChI is InChI=1S/C10H23NO2Si/c1-9(11-10(2,3)4)7-8-14(12-5)13-6/h8-9,11H,7H2,1-6H3. The van der Waals surface area contributed by atoms with Crippen molar-refractivity contribution in [3.63, 3.8) is 0 Å². The van der Waals surface area contributed by atoms with E-state index in [9.17, 15) is 0 Å². The van der Waals surface area contributed by atoms with E-state index < -0.39 is 8.90 Å². The van der Waals surface area contributed by atoms with Crippen molar-refractivity contribution in [2.24, 2.45) is 0 Å². The Kier molecular flexibility index (Phi) is 6.03. The summed E-state index contributed by atoms with van der Waals surface area (Å²) in [6, 6.07) is 0.459. The van der Waals surface area contributed by atoms with Gasteiger partial charge in [0.1, 0.15) is 0 Å². The van der Waals surface area contributed by atoms with Gasteiger partial charge in [-0.2, -0.15) is 0 Å². The molecule has 0 aromatic rings. The Morgan fingerprint density at radius 2 is 1.79 bits per heavy atom. The zero-order valence-corrected chi connectivity index (χ0v) is 11.2. The van der Waals surface area contributed by atoms with Crippen LogP contribution in [-0.4, -0.2) is 40.4 Å². The molecular formula is C10H23NO2Si. The summed E-state index contributed by atoms with van der Waals surface area (Å²) in [7, 11) is 2.24. The second-order valence-electron chi connectivity index (χ2n) is 4.46. The fourth-order valence-corrected chi connectivity index (χ4v) is 2.37. The molecule has 1 N–H and O–H groups in total. The molecule has 0 aromatic carbocycles. The summed E-state index contributed by atoms with van der Waals surface area (Å²) in [6.45, 7) is 8.68. The summed E-state index contributed by atoms with van der Waals surface area (Å²) >= 11 is 0. The van der Waals surface area contributed by atoms with Crippen molar-refractivity contribution in [3.05, 3.63) is 0 Å². The van der Waals surface area contributed by atoms with E-state index in [1.54, 1.807) is 14.2 Å². The molecule has 14 heavy (non-hydrogen) atoms. The fourth-order valence-electron chi connectivity index (χ4n) is 1.32. The third-order valence-electron chi connectivity index (χ3n) is 1.72. The molecule has 1 unspecified atom stereocenters. The first-order valence-corrected chi connectivity index (χ1v) is 6.34. The topological polar surface area (TPSA) is 30.5 Å². The highest BCUT2D eigenvalue weighted by Gasteiger charge is 2.13. The van der Waals surface area contributed by atoms with Crippen molar-refractivity contribution >= 4 is 14.6 Å². The van der Waals surface area contributed by atoms with Gasteiger partial charge in [-0.15, -0.1) is 0 Å². The van der Waals surface area contributed by atoms with Crippen LogP contribution in [0.3, 0.4) is 0 Å². The van der Waals surface area contributed by atoms with Crippen LogP contribution in [0.2, 0.25) is 0 Å². The van der Waals surface area contributed by atoms with E-state index in [2.05, 4.69) is 38.7 Å². The minimum Gasteiger partial charge on any atom is -0.526 e. The molecule has 0 aliphatic heterocycles. The van der Waals surface area contributed by atoms with E-state index in [-0.39, 0.29) is 5.54 Å². The van der Waals surface area contributed by atoms with Gasteiger partial charge >= 0.3 is 8.90 Å². The van der Waals surface area contributed by atoms with Crippen molar-refractivity contribution < 1.29 is 8.85 Å². The maximum absolute atomic E-state index is 5.18. The van der Waals surface area contributed by atoms with Gasteiger partial charge in [0.15, 0.2) is 0 Å². The molecule has 1 atom stereocenters. The van der Waals surface area contributed by atoms with Gasteiger partial charge in [0.05, 0.1) is 14.2 Å². The lowest BCUT2D eigenvalue weighted by Gasteiger charge is -2.25. The highest BCUT2D eigenvalue weighted by atomic mass is 28.3. The zero-order valence-electron chi connectivity index (χ0n) is 10.2. The lowest BCUT2D eigenvalue weighted by Crippen LogP contribution is -2.42. The molecule has 0 amide bonds. The molecule has 0 aliphatic carbocycles. The lowest BCUT2D eigenvalue weighted by atomic mass is 10.1. The summed E-state index contributed by atoms with van der Waals surface area (Å²) in [6.07, 6.45) is 0.979.